The largest absolute Gasteiger partial charge is 0.384 e. The van der Waals surface area contributed by atoms with Gasteiger partial charge in [-0.05, 0) is 5.92 Å². The number of anilines is 3. The Morgan fingerprint density at radius 1 is 0.941 bits per heavy atom. The number of ketones is 1. The summed E-state index contributed by atoms with van der Waals surface area (Å²) in [5, 5.41) is 0. The molecule has 0 atom stereocenters. The average molecular weight is 482 g/mol. The molecule has 0 aliphatic rings. The normalized spacial score (nSPS) is 11.2. The molecule has 34 heavy (non-hydrogen) atoms. The van der Waals surface area contributed by atoms with Crippen LogP contribution in [0.5, 0.6) is 0 Å². The Balaban J connectivity index is 2.57. The third-order valence-corrected chi connectivity index (χ3v) is 5.02. The highest BCUT2D eigenvalue weighted by Crippen LogP contribution is 2.18. The summed E-state index contributed by atoms with van der Waals surface area (Å²) in [5.74, 6) is -1.17. The van der Waals surface area contributed by atoms with Crippen LogP contribution in [0.3, 0.4) is 0 Å². The molecule has 0 radical (unpaired) electrons. The predicted molar refractivity (Wildman–Crippen MR) is 127 cm³/mol. The van der Waals surface area contributed by atoms with E-state index in [1.807, 2.05) is 13.8 Å². The lowest BCUT2D eigenvalue weighted by Crippen LogP contribution is -2.44. The van der Waals surface area contributed by atoms with E-state index < -0.39 is 40.4 Å². The Morgan fingerprint density at radius 3 is 2.12 bits per heavy atom. The summed E-state index contributed by atoms with van der Waals surface area (Å²) in [6, 6.07) is 0. The zero-order chi connectivity index (χ0) is 25.6. The highest BCUT2D eigenvalue weighted by Gasteiger charge is 2.25. The summed E-state index contributed by atoms with van der Waals surface area (Å²) in [4.78, 5) is 68.3. The van der Waals surface area contributed by atoms with Gasteiger partial charge in [0.25, 0.3) is 11.1 Å². The highest BCUT2D eigenvalue weighted by atomic mass is 16.5. The monoisotopic (exact) mass is 481 g/mol. The summed E-state index contributed by atoms with van der Waals surface area (Å²) in [6.45, 7) is 3.76. The number of nitrogens with zero attached hydrogens (tertiary/aromatic N) is 3. The number of methoxy groups -OCH3 is 2. The molecule has 0 amide bonds. The fraction of sp³-hybridized carbons (Fsp3) is 0.550. The van der Waals surface area contributed by atoms with Gasteiger partial charge in [-0.2, -0.15) is 0 Å². The fourth-order valence-corrected chi connectivity index (χ4v) is 3.41. The van der Waals surface area contributed by atoms with Crippen LogP contribution in [0.2, 0.25) is 0 Å². The maximum atomic E-state index is 13.2. The van der Waals surface area contributed by atoms with E-state index in [2.05, 4.69) is 9.97 Å². The maximum absolute atomic E-state index is 13.2. The van der Waals surface area contributed by atoms with Crippen LogP contribution in [-0.4, -0.2) is 65.4 Å². The topological polar surface area (TPSA) is 201 Å². The van der Waals surface area contributed by atoms with E-state index in [4.69, 9.17) is 20.9 Å². The zero-order valence-corrected chi connectivity index (χ0v) is 19.7. The molecule has 14 nitrogen and oxygen atoms in total. The molecule has 2 aromatic heterocycles. The Kier molecular flexibility index (Phi) is 8.97. The van der Waals surface area contributed by atoms with Gasteiger partial charge in [-0.3, -0.25) is 33.5 Å². The molecule has 2 heterocycles. The summed E-state index contributed by atoms with van der Waals surface area (Å²) in [6.07, 6.45) is 0. The number of nitrogens with one attached hydrogen (secondary N) is 2. The minimum Gasteiger partial charge on any atom is -0.384 e. The Bertz CT molecular complexity index is 1260. The molecule has 0 unspecified atom stereocenters. The SMILES string of the molecule is COCCN(CC(=O)c1c(N)n(CCOC)c(=O)[nH]c1=O)c1c(N)n(CC(C)C)c(=O)[nH]c1=O. The third kappa shape index (κ3) is 5.82. The number of nitrogens with two attached hydrogens (primary N) is 2. The molecule has 2 rings (SSSR count). The molecule has 188 valence electrons. The first-order valence-corrected chi connectivity index (χ1v) is 10.5. The van der Waals surface area contributed by atoms with Crippen molar-refractivity contribution in [3.8, 4) is 0 Å². The molecule has 2 aromatic rings. The predicted octanol–water partition coefficient (Wildman–Crippen LogP) is -1.81. The molecule has 0 aliphatic carbocycles. The molecule has 0 bridgehead atoms. The second-order valence-corrected chi connectivity index (χ2v) is 8.00. The van der Waals surface area contributed by atoms with Crippen molar-refractivity contribution in [1.82, 2.24) is 19.1 Å². The second-order valence-electron chi connectivity index (χ2n) is 8.00. The molecule has 0 aliphatic heterocycles. The van der Waals surface area contributed by atoms with E-state index >= 15 is 0 Å². The molecule has 0 spiro atoms. The number of aromatic amines is 2. The van der Waals surface area contributed by atoms with Gasteiger partial charge in [0.2, 0.25) is 0 Å². The number of nitrogen functional groups attached to an aromatic ring is 2. The number of carbonyl (C=O) groups excluding carboxylic acids is 1. The smallest absolute Gasteiger partial charge is 0.330 e. The van der Waals surface area contributed by atoms with Gasteiger partial charge >= 0.3 is 11.4 Å². The third-order valence-electron chi connectivity index (χ3n) is 5.02. The average Bonchev–Trinajstić information content (AvgIpc) is 2.74. The van der Waals surface area contributed by atoms with Gasteiger partial charge in [-0.15, -0.1) is 0 Å². The molecular weight excluding hydrogens is 450 g/mol. The number of H-pyrrole nitrogens is 2. The van der Waals surface area contributed by atoms with Crippen molar-refractivity contribution < 1.29 is 14.3 Å². The quantitative estimate of drug-likeness (QED) is 0.250. The van der Waals surface area contributed by atoms with E-state index in [-0.39, 0.29) is 56.1 Å². The number of carbonyl (C=O) groups is 1. The summed E-state index contributed by atoms with van der Waals surface area (Å²) in [5.41, 5.74) is 8.39. The first kappa shape index (κ1) is 26.6. The van der Waals surface area contributed by atoms with Crippen LogP contribution in [-0.2, 0) is 22.6 Å². The van der Waals surface area contributed by atoms with Crippen LogP contribution in [0.1, 0.15) is 24.2 Å². The van der Waals surface area contributed by atoms with Gasteiger partial charge in [-0.25, -0.2) is 9.59 Å². The van der Waals surface area contributed by atoms with E-state index in [0.29, 0.717) is 0 Å². The van der Waals surface area contributed by atoms with E-state index in [1.165, 1.54) is 23.7 Å². The number of rotatable bonds is 12. The van der Waals surface area contributed by atoms with E-state index in [1.54, 1.807) is 0 Å². The Labute approximate surface area is 194 Å². The van der Waals surface area contributed by atoms with Gasteiger partial charge in [-0.1, -0.05) is 13.8 Å². The highest BCUT2D eigenvalue weighted by molar-refractivity contribution is 6.02. The Hall–Kier alpha value is -3.65. The summed E-state index contributed by atoms with van der Waals surface area (Å²) in [7, 11) is 2.86. The molecular formula is C20H31N7O7. The van der Waals surface area contributed by atoms with E-state index in [0.717, 1.165) is 4.57 Å². The van der Waals surface area contributed by atoms with Crippen LogP contribution in [0, 0.1) is 5.92 Å². The minimum absolute atomic E-state index is 0.0123. The lowest BCUT2D eigenvalue weighted by atomic mass is 10.1. The minimum atomic E-state index is -0.959. The number of hydrogen-bond acceptors (Lipinski definition) is 10. The number of ether oxygens (including phenoxy) is 2. The van der Waals surface area contributed by atoms with Crippen LogP contribution in [0.4, 0.5) is 17.3 Å². The standard InChI is InChI=1S/C20H31N7O7/c1-11(2)9-27-16(22)14(18(30)24-20(27)32)25(5-7-33-3)10-12(28)13-15(21)26(6-8-34-4)19(31)23-17(13)29/h11H,5-10,21-22H2,1-4H3,(H,23,29,31)(H,24,30,32). The second kappa shape index (κ2) is 11.5. The van der Waals surface area contributed by atoms with Crippen molar-refractivity contribution in [2.45, 2.75) is 26.9 Å². The molecule has 0 fully saturated rings. The van der Waals surface area contributed by atoms with Gasteiger partial charge < -0.3 is 25.8 Å². The molecule has 0 saturated carbocycles. The number of aromatic nitrogens is 4. The number of Topliss-reactive ketones (excluding diaryl/α,β-unsaturated/α-hetero) is 1. The first-order valence-electron chi connectivity index (χ1n) is 10.5. The zero-order valence-electron chi connectivity index (χ0n) is 19.7. The van der Waals surface area contributed by atoms with Crippen molar-refractivity contribution in [3.05, 3.63) is 47.2 Å². The Morgan fingerprint density at radius 2 is 1.53 bits per heavy atom. The maximum Gasteiger partial charge on any atom is 0.330 e. The molecule has 14 heteroatoms. The lowest BCUT2D eigenvalue weighted by Gasteiger charge is -2.26. The summed E-state index contributed by atoms with van der Waals surface area (Å²) < 4.78 is 12.2. The van der Waals surface area contributed by atoms with Crippen LogP contribution in [0.15, 0.2) is 19.2 Å². The van der Waals surface area contributed by atoms with Crippen molar-refractivity contribution >= 4 is 23.1 Å². The summed E-state index contributed by atoms with van der Waals surface area (Å²) >= 11 is 0. The van der Waals surface area contributed by atoms with Gasteiger partial charge in [0.1, 0.15) is 22.9 Å². The fourth-order valence-electron chi connectivity index (χ4n) is 3.41. The van der Waals surface area contributed by atoms with Crippen molar-refractivity contribution in [3.63, 3.8) is 0 Å². The van der Waals surface area contributed by atoms with Crippen LogP contribution < -0.4 is 38.9 Å². The van der Waals surface area contributed by atoms with Crippen LogP contribution >= 0.6 is 0 Å². The molecule has 6 N–H and O–H groups in total. The van der Waals surface area contributed by atoms with Gasteiger partial charge in [0.05, 0.1) is 26.3 Å². The van der Waals surface area contributed by atoms with Crippen LogP contribution in [0.25, 0.3) is 0 Å². The van der Waals surface area contributed by atoms with Crippen molar-refractivity contribution in [2.24, 2.45) is 5.92 Å². The number of hydrogen-bond donors (Lipinski definition) is 4. The molecule has 0 aromatic carbocycles. The lowest BCUT2D eigenvalue weighted by molar-refractivity contribution is 0.0995. The van der Waals surface area contributed by atoms with Crippen molar-refractivity contribution in [2.75, 3.05) is 56.9 Å². The van der Waals surface area contributed by atoms with Gasteiger partial charge in [0.15, 0.2) is 5.78 Å². The first-order chi connectivity index (χ1) is 16.0. The molecule has 0 saturated heterocycles. The van der Waals surface area contributed by atoms with Crippen molar-refractivity contribution in [1.29, 1.82) is 0 Å². The van der Waals surface area contributed by atoms with E-state index in [9.17, 15) is 24.0 Å². The van der Waals surface area contributed by atoms with Gasteiger partial charge in [0, 0.05) is 27.3 Å².